The molecule has 5 rings (SSSR count). The summed E-state index contributed by atoms with van der Waals surface area (Å²) >= 11 is 7.94. The second-order valence-electron chi connectivity index (χ2n) is 8.23. The number of benzene rings is 2. The van der Waals surface area contributed by atoms with Gasteiger partial charge in [0.15, 0.2) is 0 Å². The molecule has 1 unspecified atom stereocenters. The number of fused-ring (bicyclic) bond motifs is 1. The van der Waals surface area contributed by atoms with Gasteiger partial charge in [-0.05, 0) is 66.1 Å². The molecule has 3 aromatic rings. The molecule has 0 saturated heterocycles. The Hall–Kier alpha value is -2.70. The monoisotopic (exact) mass is 468 g/mol. The molecule has 0 radical (unpaired) electrons. The molecule has 1 aromatic heterocycles. The van der Waals surface area contributed by atoms with Gasteiger partial charge >= 0.3 is 0 Å². The molecule has 164 valence electrons. The molecule has 2 heterocycles. The van der Waals surface area contributed by atoms with Crippen molar-refractivity contribution in [3.8, 4) is 0 Å². The Morgan fingerprint density at radius 3 is 2.56 bits per heavy atom. The van der Waals surface area contributed by atoms with Crippen LogP contribution in [0.5, 0.6) is 0 Å². The Morgan fingerprint density at radius 2 is 1.84 bits per heavy atom. The van der Waals surface area contributed by atoms with Crippen LogP contribution < -0.4 is 0 Å². The molecule has 1 aliphatic carbocycles. The van der Waals surface area contributed by atoms with Crippen LogP contribution in [0.2, 0.25) is 5.02 Å². The van der Waals surface area contributed by atoms with Gasteiger partial charge in [-0.1, -0.05) is 35.9 Å². The van der Waals surface area contributed by atoms with Crippen molar-refractivity contribution in [3.05, 3.63) is 92.4 Å². The first-order valence-electron chi connectivity index (χ1n) is 10.7. The number of rotatable bonds is 5. The maximum Gasteiger partial charge on any atom is 0.256 e. The van der Waals surface area contributed by atoms with Gasteiger partial charge in [-0.15, -0.1) is 11.3 Å². The first kappa shape index (κ1) is 21.2. The molecule has 0 bridgehead atoms. The highest BCUT2D eigenvalue weighted by Crippen LogP contribution is 2.38. The van der Waals surface area contributed by atoms with Gasteiger partial charge in [-0.25, -0.2) is 4.39 Å². The highest BCUT2D eigenvalue weighted by molar-refractivity contribution is 7.10. The third-order valence-electron chi connectivity index (χ3n) is 6.13. The van der Waals surface area contributed by atoms with Crippen molar-refractivity contribution >= 4 is 34.8 Å². The molecule has 0 spiro atoms. The number of carbonyl (C=O) groups is 2. The van der Waals surface area contributed by atoms with Gasteiger partial charge in [0.05, 0.1) is 16.6 Å². The van der Waals surface area contributed by atoms with Crippen molar-refractivity contribution in [2.24, 2.45) is 0 Å². The van der Waals surface area contributed by atoms with Gasteiger partial charge in [0.25, 0.3) is 5.91 Å². The second-order valence-corrected chi connectivity index (χ2v) is 9.64. The fourth-order valence-corrected chi connectivity index (χ4v) is 5.49. The van der Waals surface area contributed by atoms with Crippen molar-refractivity contribution in [2.75, 3.05) is 13.1 Å². The molecule has 1 atom stereocenters. The summed E-state index contributed by atoms with van der Waals surface area (Å²) in [6, 6.07) is 15.1. The lowest BCUT2D eigenvalue weighted by atomic mass is 9.93. The van der Waals surface area contributed by atoms with E-state index in [0.29, 0.717) is 17.1 Å². The Morgan fingerprint density at radius 1 is 1.09 bits per heavy atom. The van der Waals surface area contributed by atoms with Gasteiger partial charge in [-0.3, -0.25) is 9.59 Å². The summed E-state index contributed by atoms with van der Waals surface area (Å²) in [6.45, 7) is 0.569. The molecule has 32 heavy (non-hydrogen) atoms. The zero-order valence-electron chi connectivity index (χ0n) is 17.3. The molecule has 2 aromatic carbocycles. The third kappa shape index (κ3) is 4.05. The van der Waals surface area contributed by atoms with E-state index in [2.05, 4.69) is 0 Å². The van der Waals surface area contributed by atoms with E-state index in [-0.39, 0.29) is 36.3 Å². The largest absolute Gasteiger partial charge is 0.330 e. The molecule has 1 aliphatic heterocycles. The van der Waals surface area contributed by atoms with Crippen molar-refractivity contribution < 1.29 is 14.0 Å². The topological polar surface area (TPSA) is 40.6 Å². The van der Waals surface area contributed by atoms with E-state index >= 15 is 0 Å². The van der Waals surface area contributed by atoms with Gasteiger partial charge in [0.1, 0.15) is 12.4 Å². The summed E-state index contributed by atoms with van der Waals surface area (Å²) in [5.41, 5.74) is 2.37. The van der Waals surface area contributed by atoms with E-state index in [1.807, 2.05) is 16.3 Å². The van der Waals surface area contributed by atoms with Crippen LogP contribution in [-0.4, -0.2) is 40.7 Å². The predicted octanol–water partition coefficient (Wildman–Crippen LogP) is 5.32. The van der Waals surface area contributed by atoms with Crippen LogP contribution in [0.4, 0.5) is 4.39 Å². The van der Waals surface area contributed by atoms with E-state index in [4.69, 9.17) is 11.6 Å². The van der Waals surface area contributed by atoms with Crippen molar-refractivity contribution in [1.82, 2.24) is 9.80 Å². The van der Waals surface area contributed by atoms with Gasteiger partial charge < -0.3 is 9.80 Å². The maximum atomic E-state index is 13.6. The number of hydrogen-bond donors (Lipinski definition) is 0. The Bertz CT molecular complexity index is 1160. The minimum atomic E-state index is -0.307. The quantitative estimate of drug-likeness (QED) is 0.508. The summed E-state index contributed by atoms with van der Waals surface area (Å²) in [7, 11) is 0. The summed E-state index contributed by atoms with van der Waals surface area (Å²) in [4.78, 5) is 31.6. The lowest BCUT2D eigenvalue weighted by Crippen LogP contribution is -2.47. The first-order valence-corrected chi connectivity index (χ1v) is 12.0. The van der Waals surface area contributed by atoms with E-state index in [1.165, 1.54) is 17.0 Å². The minimum absolute atomic E-state index is 0.00584. The Balaban J connectivity index is 1.43. The summed E-state index contributed by atoms with van der Waals surface area (Å²) in [6.07, 6.45) is 2.55. The Kier molecular flexibility index (Phi) is 5.74. The van der Waals surface area contributed by atoms with Crippen molar-refractivity contribution in [3.63, 3.8) is 0 Å². The molecule has 4 nitrogen and oxygen atoms in total. The average molecular weight is 469 g/mol. The highest BCUT2D eigenvalue weighted by atomic mass is 35.5. The van der Waals surface area contributed by atoms with E-state index < -0.39 is 0 Å². The van der Waals surface area contributed by atoms with Crippen molar-refractivity contribution in [2.45, 2.75) is 31.3 Å². The lowest BCUT2D eigenvalue weighted by molar-refractivity contribution is -0.134. The summed E-state index contributed by atoms with van der Waals surface area (Å²) in [5.74, 6) is -0.625. The SMILES string of the molecule is O=C(c1ccccc1Cl)N(CC(=O)N1CCc2sccc2C1c1ccc(F)cc1)C1CC1. The van der Waals surface area contributed by atoms with Crippen LogP contribution in [0.25, 0.3) is 0 Å². The van der Waals surface area contributed by atoms with Crippen LogP contribution in [-0.2, 0) is 11.2 Å². The Labute approximate surface area is 195 Å². The van der Waals surface area contributed by atoms with E-state index in [1.54, 1.807) is 52.6 Å². The number of thiophene rings is 1. The van der Waals surface area contributed by atoms with E-state index in [0.717, 1.165) is 30.4 Å². The number of hydrogen-bond acceptors (Lipinski definition) is 3. The normalized spacial score (nSPS) is 17.7. The fraction of sp³-hybridized carbons (Fsp3) is 0.280. The number of amides is 2. The zero-order valence-corrected chi connectivity index (χ0v) is 18.9. The predicted molar refractivity (Wildman–Crippen MR) is 123 cm³/mol. The van der Waals surface area contributed by atoms with Crippen LogP contribution >= 0.6 is 22.9 Å². The molecule has 0 N–H and O–H groups in total. The minimum Gasteiger partial charge on any atom is -0.330 e. The molecule has 1 saturated carbocycles. The van der Waals surface area contributed by atoms with Crippen LogP contribution in [0.15, 0.2) is 60.0 Å². The second kappa shape index (κ2) is 8.68. The molecular formula is C25H22ClFN2O2S. The van der Waals surface area contributed by atoms with Crippen LogP contribution in [0.1, 0.15) is 45.2 Å². The number of nitrogens with zero attached hydrogens (tertiary/aromatic N) is 2. The summed E-state index contributed by atoms with van der Waals surface area (Å²) in [5, 5.41) is 2.42. The number of carbonyl (C=O) groups excluding carboxylic acids is 2. The zero-order chi connectivity index (χ0) is 22.2. The van der Waals surface area contributed by atoms with Crippen molar-refractivity contribution in [1.29, 1.82) is 0 Å². The van der Waals surface area contributed by atoms with Gasteiger partial charge in [-0.2, -0.15) is 0 Å². The molecule has 1 fully saturated rings. The lowest BCUT2D eigenvalue weighted by Gasteiger charge is -2.37. The maximum absolute atomic E-state index is 13.6. The summed E-state index contributed by atoms with van der Waals surface area (Å²) < 4.78 is 13.6. The molecule has 2 amide bonds. The fourth-order valence-electron chi connectivity index (χ4n) is 4.37. The highest BCUT2D eigenvalue weighted by Gasteiger charge is 2.38. The smallest absolute Gasteiger partial charge is 0.256 e. The van der Waals surface area contributed by atoms with Crippen LogP contribution in [0, 0.1) is 5.82 Å². The number of halogens is 2. The standard InChI is InChI=1S/C25H22ClFN2O2S/c26-21-4-2-1-3-19(21)25(31)29(18-9-10-18)15-23(30)28-13-11-22-20(12-14-32-22)24(28)16-5-7-17(27)8-6-16/h1-8,12,14,18,24H,9-11,13,15H2. The van der Waals surface area contributed by atoms with Gasteiger partial charge in [0.2, 0.25) is 5.91 Å². The van der Waals surface area contributed by atoms with E-state index in [9.17, 15) is 14.0 Å². The first-order chi connectivity index (χ1) is 15.5. The molecule has 7 heteroatoms. The van der Waals surface area contributed by atoms with Gasteiger partial charge in [0, 0.05) is 17.5 Å². The molecular weight excluding hydrogens is 447 g/mol. The van der Waals surface area contributed by atoms with Crippen LogP contribution in [0.3, 0.4) is 0 Å². The molecule has 2 aliphatic rings. The third-order valence-corrected chi connectivity index (χ3v) is 7.46. The average Bonchev–Trinajstić information content (AvgIpc) is 3.53.